The minimum atomic E-state index is 0.581. The van der Waals surface area contributed by atoms with Gasteiger partial charge in [-0.15, -0.1) is 10.2 Å². The van der Waals surface area contributed by atoms with Crippen LogP contribution in [0.25, 0.3) is 0 Å². The molecular formula is C10H14N6S. The van der Waals surface area contributed by atoms with Gasteiger partial charge in [0.1, 0.15) is 5.82 Å². The summed E-state index contributed by atoms with van der Waals surface area (Å²) < 4.78 is 2.01. The van der Waals surface area contributed by atoms with E-state index in [1.54, 1.807) is 30.4 Å². The summed E-state index contributed by atoms with van der Waals surface area (Å²) in [6.07, 6.45) is 5.10. The highest BCUT2D eigenvalue weighted by Crippen LogP contribution is 2.20. The van der Waals surface area contributed by atoms with Crippen LogP contribution in [0.15, 0.2) is 23.7 Å². The van der Waals surface area contributed by atoms with Crippen molar-refractivity contribution in [1.82, 2.24) is 24.7 Å². The number of hydrogen-bond acceptors (Lipinski definition) is 6. The molecule has 2 N–H and O–H groups in total. The fraction of sp³-hybridized carbons (Fsp3) is 0.400. The Morgan fingerprint density at radius 3 is 2.94 bits per heavy atom. The zero-order chi connectivity index (χ0) is 12.1. The highest BCUT2D eigenvalue weighted by molar-refractivity contribution is 7.98. The van der Waals surface area contributed by atoms with Crippen LogP contribution in [-0.4, -0.2) is 31.3 Å². The molecule has 0 atom stereocenters. The lowest BCUT2D eigenvalue weighted by molar-refractivity contribution is 0.627. The Labute approximate surface area is 104 Å². The van der Waals surface area contributed by atoms with Crippen molar-refractivity contribution in [3.63, 3.8) is 0 Å². The van der Waals surface area contributed by atoms with Crippen molar-refractivity contribution < 1.29 is 0 Å². The van der Waals surface area contributed by atoms with Crippen LogP contribution in [0.4, 0.5) is 0 Å². The molecule has 6 nitrogen and oxygen atoms in total. The van der Waals surface area contributed by atoms with E-state index in [9.17, 15) is 0 Å². The van der Waals surface area contributed by atoms with E-state index in [-0.39, 0.29) is 0 Å². The SMILES string of the molecule is Cc1nnc(SCc2cnccn2)n1CCN. The lowest BCUT2D eigenvalue weighted by Gasteiger charge is -2.05. The Bertz CT molecular complexity index is 469. The van der Waals surface area contributed by atoms with Gasteiger partial charge < -0.3 is 10.3 Å². The summed E-state index contributed by atoms with van der Waals surface area (Å²) in [4.78, 5) is 8.23. The normalized spacial score (nSPS) is 10.7. The summed E-state index contributed by atoms with van der Waals surface area (Å²) in [7, 11) is 0. The highest BCUT2D eigenvalue weighted by Gasteiger charge is 2.08. The Balaban J connectivity index is 2.04. The standard InChI is InChI=1S/C10H14N6S/c1-8-14-15-10(16(8)5-2-11)17-7-9-6-12-3-4-13-9/h3-4,6H,2,5,7,11H2,1H3. The second-order valence-electron chi connectivity index (χ2n) is 3.46. The number of thioether (sulfide) groups is 1. The van der Waals surface area contributed by atoms with E-state index >= 15 is 0 Å². The van der Waals surface area contributed by atoms with E-state index in [1.165, 1.54) is 0 Å². The Kier molecular flexibility index (Phi) is 4.05. The third-order valence-corrected chi connectivity index (χ3v) is 3.22. The molecule has 17 heavy (non-hydrogen) atoms. The van der Waals surface area contributed by atoms with Gasteiger partial charge in [0.2, 0.25) is 0 Å². The second-order valence-corrected chi connectivity index (χ2v) is 4.40. The lowest BCUT2D eigenvalue weighted by Crippen LogP contribution is -2.12. The molecule has 2 heterocycles. The first-order valence-corrected chi connectivity index (χ1v) is 6.27. The summed E-state index contributed by atoms with van der Waals surface area (Å²) in [5.74, 6) is 1.62. The van der Waals surface area contributed by atoms with E-state index in [2.05, 4.69) is 20.2 Å². The first kappa shape index (κ1) is 12.0. The molecule has 0 aliphatic rings. The van der Waals surface area contributed by atoms with Crippen molar-refractivity contribution in [3.05, 3.63) is 30.1 Å². The third kappa shape index (κ3) is 3.01. The Morgan fingerprint density at radius 1 is 1.35 bits per heavy atom. The van der Waals surface area contributed by atoms with Gasteiger partial charge >= 0.3 is 0 Å². The van der Waals surface area contributed by atoms with Crippen molar-refractivity contribution >= 4 is 11.8 Å². The number of aromatic nitrogens is 5. The predicted octanol–water partition coefficient (Wildman–Crippen LogP) is 0.628. The maximum absolute atomic E-state index is 5.56. The van der Waals surface area contributed by atoms with Crippen LogP contribution in [0.3, 0.4) is 0 Å². The lowest BCUT2D eigenvalue weighted by atomic mass is 10.5. The zero-order valence-electron chi connectivity index (χ0n) is 9.58. The molecule has 0 bridgehead atoms. The summed E-state index contributed by atoms with van der Waals surface area (Å²) in [6, 6.07) is 0. The summed E-state index contributed by atoms with van der Waals surface area (Å²) in [5.41, 5.74) is 6.48. The average Bonchev–Trinajstić information content (AvgIpc) is 2.70. The van der Waals surface area contributed by atoms with Gasteiger partial charge in [0.25, 0.3) is 0 Å². The molecule has 0 aliphatic heterocycles. The fourth-order valence-corrected chi connectivity index (χ4v) is 2.30. The molecule has 0 aromatic carbocycles. The molecule has 0 radical (unpaired) electrons. The molecule has 0 fully saturated rings. The quantitative estimate of drug-likeness (QED) is 0.784. The van der Waals surface area contributed by atoms with Gasteiger partial charge in [-0.05, 0) is 6.92 Å². The number of rotatable bonds is 5. The smallest absolute Gasteiger partial charge is 0.191 e. The van der Waals surface area contributed by atoms with Crippen molar-refractivity contribution in [3.8, 4) is 0 Å². The minimum Gasteiger partial charge on any atom is -0.329 e. The summed E-state index contributed by atoms with van der Waals surface area (Å²) in [6.45, 7) is 3.24. The first-order valence-electron chi connectivity index (χ1n) is 5.29. The number of hydrogen-bond donors (Lipinski definition) is 1. The van der Waals surface area contributed by atoms with Gasteiger partial charge in [-0.1, -0.05) is 11.8 Å². The average molecular weight is 250 g/mol. The minimum absolute atomic E-state index is 0.581. The predicted molar refractivity (Wildman–Crippen MR) is 65.4 cm³/mol. The molecule has 0 aliphatic carbocycles. The van der Waals surface area contributed by atoms with Crippen LogP contribution in [-0.2, 0) is 12.3 Å². The van der Waals surface area contributed by atoms with Crippen LogP contribution in [0.5, 0.6) is 0 Å². The van der Waals surface area contributed by atoms with Crippen LogP contribution in [0, 0.1) is 6.92 Å². The van der Waals surface area contributed by atoms with Gasteiger partial charge in [0.05, 0.1) is 5.69 Å². The maximum Gasteiger partial charge on any atom is 0.191 e. The van der Waals surface area contributed by atoms with Crippen LogP contribution in [0.2, 0.25) is 0 Å². The molecule has 0 unspecified atom stereocenters. The number of nitrogens with two attached hydrogens (primary N) is 1. The second kappa shape index (κ2) is 5.74. The van der Waals surface area contributed by atoms with E-state index in [4.69, 9.17) is 5.73 Å². The molecule has 7 heteroatoms. The Morgan fingerprint density at radius 2 is 2.24 bits per heavy atom. The molecule has 90 valence electrons. The number of nitrogens with zero attached hydrogens (tertiary/aromatic N) is 5. The van der Waals surface area contributed by atoms with Crippen LogP contribution < -0.4 is 5.73 Å². The van der Waals surface area contributed by atoms with Gasteiger partial charge in [-0.2, -0.15) is 0 Å². The van der Waals surface area contributed by atoms with Gasteiger partial charge in [-0.3, -0.25) is 9.97 Å². The van der Waals surface area contributed by atoms with Crippen molar-refractivity contribution in [2.24, 2.45) is 5.73 Å². The molecule has 2 aromatic heterocycles. The maximum atomic E-state index is 5.56. The molecule has 2 aromatic rings. The molecule has 0 amide bonds. The molecule has 2 rings (SSSR count). The van der Waals surface area contributed by atoms with Crippen LogP contribution in [0.1, 0.15) is 11.5 Å². The number of aryl methyl sites for hydroxylation is 1. The molecule has 0 spiro atoms. The van der Waals surface area contributed by atoms with Gasteiger partial charge in [0, 0.05) is 37.4 Å². The van der Waals surface area contributed by atoms with E-state index in [1.807, 2.05) is 11.5 Å². The zero-order valence-corrected chi connectivity index (χ0v) is 10.4. The topological polar surface area (TPSA) is 82.5 Å². The highest BCUT2D eigenvalue weighted by atomic mass is 32.2. The molecule has 0 saturated carbocycles. The van der Waals surface area contributed by atoms with Gasteiger partial charge in [-0.25, -0.2) is 0 Å². The monoisotopic (exact) mass is 250 g/mol. The van der Waals surface area contributed by atoms with E-state index in [0.29, 0.717) is 6.54 Å². The van der Waals surface area contributed by atoms with E-state index < -0.39 is 0 Å². The first-order chi connectivity index (χ1) is 8.31. The van der Waals surface area contributed by atoms with Crippen molar-refractivity contribution in [2.75, 3.05) is 6.54 Å². The Hall–Kier alpha value is -1.47. The molecular weight excluding hydrogens is 236 g/mol. The summed E-state index contributed by atoms with van der Waals surface area (Å²) >= 11 is 1.59. The largest absolute Gasteiger partial charge is 0.329 e. The van der Waals surface area contributed by atoms with Crippen LogP contribution >= 0.6 is 11.8 Å². The molecule has 0 saturated heterocycles. The summed E-state index contributed by atoms with van der Waals surface area (Å²) in [5, 5.41) is 9.04. The van der Waals surface area contributed by atoms with E-state index in [0.717, 1.165) is 29.0 Å². The van der Waals surface area contributed by atoms with Crippen molar-refractivity contribution in [1.29, 1.82) is 0 Å². The van der Waals surface area contributed by atoms with Crippen molar-refractivity contribution in [2.45, 2.75) is 24.4 Å². The third-order valence-electron chi connectivity index (χ3n) is 2.22. The van der Waals surface area contributed by atoms with Gasteiger partial charge in [0.15, 0.2) is 5.16 Å². The fourth-order valence-electron chi connectivity index (χ4n) is 1.40.